The number of aromatic nitrogens is 2. The van der Waals surface area contributed by atoms with Crippen LogP contribution >= 0.6 is 0 Å². The topological polar surface area (TPSA) is 63.2 Å². The van der Waals surface area contributed by atoms with E-state index in [1.54, 1.807) is 6.92 Å². The van der Waals surface area contributed by atoms with E-state index in [4.69, 9.17) is 0 Å². The summed E-state index contributed by atoms with van der Waals surface area (Å²) in [6, 6.07) is 1.76. The summed E-state index contributed by atoms with van der Waals surface area (Å²) in [6.07, 6.45) is 0. The Morgan fingerprint density at radius 1 is 1.33 bits per heavy atom. The number of aryl methyl sites for hydroxylation is 2. The molecule has 0 aliphatic heterocycles. The summed E-state index contributed by atoms with van der Waals surface area (Å²) >= 11 is 0. The maximum atomic E-state index is 11.6. The van der Waals surface area contributed by atoms with Crippen LogP contribution in [0.25, 0.3) is 0 Å². The van der Waals surface area contributed by atoms with Crippen LogP contribution in [0.3, 0.4) is 0 Å². The van der Waals surface area contributed by atoms with Crippen LogP contribution in [0.2, 0.25) is 0 Å². The summed E-state index contributed by atoms with van der Waals surface area (Å²) in [6.45, 7) is 7.29. The average Bonchev–Trinajstić information content (AvgIpc) is 2.26. The van der Waals surface area contributed by atoms with E-state index in [0.29, 0.717) is 5.82 Å². The van der Waals surface area contributed by atoms with Gasteiger partial charge < -0.3 is 4.90 Å². The minimum absolute atomic E-state index is 0.108. The molecule has 0 spiro atoms. The van der Waals surface area contributed by atoms with Crippen LogP contribution in [0.5, 0.6) is 0 Å². The Balaban J connectivity index is 2.89. The molecule has 1 rings (SSSR count). The largest absolute Gasteiger partial charge is 0.356 e. The van der Waals surface area contributed by atoms with Gasteiger partial charge in [-0.05, 0) is 20.8 Å². The van der Waals surface area contributed by atoms with Gasteiger partial charge in [0.1, 0.15) is 11.6 Å². The van der Waals surface area contributed by atoms with Gasteiger partial charge in [-0.1, -0.05) is 6.92 Å². The molecule has 0 unspecified atom stereocenters. The molecule has 0 saturated heterocycles. The SMILES string of the molecule is CCS(=O)(=O)C[C@H](C)N(C)c1cc(C)nc(C)n1. The number of nitrogens with zero attached hydrogens (tertiary/aromatic N) is 3. The lowest BCUT2D eigenvalue weighted by molar-refractivity contribution is 0.588. The van der Waals surface area contributed by atoms with Crippen molar-refractivity contribution in [3.63, 3.8) is 0 Å². The van der Waals surface area contributed by atoms with E-state index in [-0.39, 0.29) is 17.5 Å². The molecular weight excluding hydrogens is 250 g/mol. The van der Waals surface area contributed by atoms with Crippen LogP contribution < -0.4 is 4.90 Å². The standard InChI is InChI=1S/C12H21N3O2S/c1-6-18(16,17)8-10(3)15(5)12-7-9(2)13-11(4)14-12/h7,10H,6,8H2,1-5H3/t10-/m0/s1. The smallest absolute Gasteiger partial charge is 0.152 e. The second-order valence-corrected chi connectivity index (χ2v) is 6.97. The van der Waals surface area contributed by atoms with E-state index >= 15 is 0 Å². The molecule has 1 heterocycles. The van der Waals surface area contributed by atoms with Gasteiger partial charge in [0.2, 0.25) is 0 Å². The first kappa shape index (κ1) is 14.9. The molecule has 5 nitrogen and oxygen atoms in total. The molecule has 0 aromatic carbocycles. The molecule has 1 aromatic heterocycles. The molecule has 102 valence electrons. The van der Waals surface area contributed by atoms with Crippen LogP contribution in [-0.4, -0.2) is 43.0 Å². The van der Waals surface area contributed by atoms with Crippen LogP contribution in [0, 0.1) is 13.8 Å². The highest BCUT2D eigenvalue weighted by molar-refractivity contribution is 7.91. The molecule has 0 N–H and O–H groups in total. The van der Waals surface area contributed by atoms with Crippen molar-refractivity contribution in [2.75, 3.05) is 23.5 Å². The van der Waals surface area contributed by atoms with Gasteiger partial charge in [-0.3, -0.25) is 0 Å². The molecule has 0 aliphatic carbocycles. The van der Waals surface area contributed by atoms with Gasteiger partial charge in [-0.2, -0.15) is 0 Å². The highest BCUT2D eigenvalue weighted by Gasteiger charge is 2.19. The second kappa shape index (κ2) is 5.65. The van der Waals surface area contributed by atoms with Gasteiger partial charge in [0.15, 0.2) is 9.84 Å². The quantitative estimate of drug-likeness (QED) is 0.809. The monoisotopic (exact) mass is 271 g/mol. The Morgan fingerprint density at radius 2 is 1.94 bits per heavy atom. The van der Waals surface area contributed by atoms with E-state index in [0.717, 1.165) is 11.5 Å². The Morgan fingerprint density at radius 3 is 2.44 bits per heavy atom. The predicted molar refractivity (Wildman–Crippen MR) is 73.7 cm³/mol. The van der Waals surface area contributed by atoms with Crippen LogP contribution in [-0.2, 0) is 9.84 Å². The summed E-state index contributed by atoms with van der Waals surface area (Å²) in [5.41, 5.74) is 0.884. The van der Waals surface area contributed by atoms with Crippen molar-refractivity contribution < 1.29 is 8.42 Å². The van der Waals surface area contributed by atoms with Gasteiger partial charge in [-0.15, -0.1) is 0 Å². The summed E-state index contributed by atoms with van der Waals surface area (Å²) in [4.78, 5) is 10.4. The van der Waals surface area contributed by atoms with Gasteiger partial charge in [0.05, 0.1) is 5.75 Å². The number of rotatable bonds is 5. The average molecular weight is 271 g/mol. The van der Waals surface area contributed by atoms with Crippen molar-refractivity contribution in [3.05, 3.63) is 17.6 Å². The first-order valence-electron chi connectivity index (χ1n) is 6.00. The first-order chi connectivity index (χ1) is 8.25. The Hall–Kier alpha value is -1.17. The van der Waals surface area contributed by atoms with Crippen molar-refractivity contribution >= 4 is 15.7 Å². The Kier molecular flexibility index (Phi) is 4.67. The molecule has 0 bridgehead atoms. The van der Waals surface area contributed by atoms with Crippen LogP contribution in [0.15, 0.2) is 6.07 Å². The number of sulfone groups is 1. The fourth-order valence-corrected chi connectivity index (χ4v) is 2.90. The second-order valence-electron chi connectivity index (χ2n) is 4.57. The number of anilines is 1. The molecule has 0 aliphatic rings. The third-order valence-electron chi connectivity index (χ3n) is 2.91. The normalized spacial score (nSPS) is 13.4. The summed E-state index contributed by atoms with van der Waals surface area (Å²) in [5.74, 6) is 1.77. The maximum absolute atomic E-state index is 11.6. The predicted octanol–water partition coefficient (Wildman–Crippen LogP) is 1.35. The lowest BCUT2D eigenvalue weighted by Crippen LogP contribution is -2.36. The van der Waals surface area contributed by atoms with Crippen LogP contribution in [0.4, 0.5) is 5.82 Å². The van der Waals surface area contributed by atoms with Crippen molar-refractivity contribution in [2.45, 2.75) is 33.7 Å². The Labute approximate surface area is 109 Å². The van der Waals surface area contributed by atoms with Crippen molar-refractivity contribution in [1.29, 1.82) is 0 Å². The fourth-order valence-electron chi connectivity index (χ4n) is 1.70. The molecule has 0 amide bonds. The van der Waals surface area contributed by atoms with E-state index in [1.807, 2.05) is 38.8 Å². The van der Waals surface area contributed by atoms with E-state index < -0.39 is 9.84 Å². The fraction of sp³-hybridized carbons (Fsp3) is 0.667. The summed E-state index contributed by atoms with van der Waals surface area (Å²) in [7, 11) is -1.12. The Bertz CT molecular complexity index is 494. The molecule has 0 fully saturated rings. The highest BCUT2D eigenvalue weighted by Crippen LogP contribution is 2.14. The third kappa shape index (κ3) is 3.94. The zero-order valence-corrected chi connectivity index (χ0v) is 12.5. The highest BCUT2D eigenvalue weighted by atomic mass is 32.2. The first-order valence-corrected chi connectivity index (χ1v) is 7.83. The number of hydrogen-bond acceptors (Lipinski definition) is 5. The van der Waals surface area contributed by atoms with Crippen molar-refractivity contribution in [1.82, 2.24) is 9.97 Å². The van der Waals surface area contributed by atoms with E-state index in [1.165, 1.54) is 0 Å². The molecule has 0 saturated carbocycles. The summed E-state index contributed by atoms with van der Waals surface area (Å²) in [5, 5.41) is 0. The van der Waals surface area contributed by atoms with Crippen molar-refractivity contribution in [2.24, 2.45) is 0 Å². The lowest BCUT2D eigenvalue weighted by atomic mass is 10.3. The zero-order chi connectivity index (χ0) is 13.9. The molecule has 1 atom stereocenters. The third-order valence-corrected chi connectivity index (χ3v) is 4.78. The molecular formula is C12H21N3O2S. The maximum Gasteiger partial charge on any atom is 0.152 e. The molecule has 6 heteroatoms. The van der Waals surface area contributed by atoms with Gasteiger partial charge in [0, 0.05) is 30.6 Å². The molecule has 18 heavy (non-hydrogen) atoms. The van der Waals surface area contributed by atoms with E-state index in [2.05, 4.69) is 9.97 Å². The van der Waals surface area contributed by atoms with Crippen molar-refractivity contribution in [3.8, 4) is 0 Å². The minimum atomic E-state index is -2.98. The van der Waals surface area contributed by atoms with Gasteiger partial charge >= 0.3 is 0 Å². The minimum Gasteiger partial charge on any atom is -0.356 e. The van der Waals surface area contributed by atoms with Gasteiger partial charge in [0.25, 0.3) is 0 Å². The lowest BCUT2D eigenvalue weighted by Gasteiger charge is -2.26. The van der Waals surface area contributed by atoms with E-state index in [9.17, 15) is 8.42 Å². The van der Waals surface area contributed by atoms with Crippen LogP contribution in [0.1, 0.15) is 25.4 Å². The molecule has 1 aromatic rings. The summed E-state index contributed by atoms with van der Waals surface area (Å²) < 4.78 is 23.2. The van der Waals surface area contributed by atoms with Gasteiger partial charge in [-0.25, -0.2) is 18.4 Å². The number of hydrogen-bond donors (Lipinski definition) is 0. The molecule has 0 radical (unpaired) electrons. The zero-order valence-electron chi connectivity index (χ0n) is 11.6.